The van der Waals surface area contributed by atoms with Crippen molar-refractivity contribution in [3.63, 3.8) is 0 Å². The second-order valence-electron chi connectivity index (χ2n) is 8.13. The number of benzene rings is 2. The predicted molar refractivity (Wildman–Crippen MR) is 128 cm³/mol. The summed E-state index contributed by atoms with van der Waals surface area (Å²) in [7, 11) is 0. The van der Waals surface area contributed by atoms with Gasteiger partial charge >= 0.3 is 18.2 Å². The molecule has 0 spiro atoms. The van der Waals surface area contributed by atoms with E-state index < -0.39 is 11.3 Å². The molecule has 198 valence electrons. The van der Waals surface area contributed by atoms with Crippen LogP contribution < -0.4 is 18.9 Å². The van der Waals surface area contributed by atoms with Crippen LogP contribution in [0.1, 0.15) is 11.4 Å². The van der Waals surface area contributed by atoms with E-state index in [4.69, 9.17) is 14.2 Å². The van der Waals surface area contributed by atoms with Crippen molar-refractivity contribution in [3.8, 4) is 34.5 Å². The van der Waals surface area contributed by atoms with Crippen LogP contribution in [0.15, 0.2) is 60.1 Å². The molecule has 0 amide bonds. The Bertz CT molecular complexity index is 1410. The second kappa shape index (κ2) is 10.6. The van der Waals surface area contributed by atoms with Crippen LogP contribution >= 0.6 is 11.3 Å². The fourth-order valence-electron chi connectivity index (χ4n) is 3.64. The number of imidazole rings is 1. The maximum atomic E-state index is 12.3. The van der Waals surface area contributed by atoms with Crippen molar-refractivity contribution in [3.05, 3.63) is 75.2 Å². The third-order valence-corrected chi connectivity index (χ3v) is 6.26. The maximum Gasteiger partial charge on any atom is 0.573 e. The minimum Gasteiger partial charge on any atom is -0.490 e. The lowest BCUT2D eigenvalue weighted by Crippen LogP contribution is -2.31. The summed E-state index contributed by atoms with van der Waals surface area (Å²) in [5, 5.41) is 13.5. The minimum atomic E-state index is -4.74. The Hall–Kier alpha value is -4.33. The molecule has 10 nitrogen and oxygen atoms in total. The largest absolute Gasteiger partial charge is 0.573 e. The average Bonchev–Trinajstić information content (AvgIpc) is 3.54. The van der Waals surface area contributed by atoms with Crippen LogP contribution in [0.4, 0.5) is 19.0 Å². The third kappa shape index (κ3) is 6.32. The first-order chi connectivity index (χ1) is 18.2. The zero-order valence-corrected chi connectivity index (χ0v) is 20.3. The number of alkyl halides is 3. The smallest absolute Gasteiger partial charge is 0.490 e. The topological polar surface area (TPSA) is 111 Å². The molecule has 0 saturated heterocycles. The monoisotopic (exact) mass is 548 g/mol. The Morgan fingerprint density at radius 2 is 1.74 bits per heavy atom. The fraction of sp³-hybridized carbons (Fsp3) is 0.250. The van der Waals surface area contributed by atoms with Crippen molar-refractivity contribution in [2.24, 2.45) is 0 Å². The van der Waals surface area contributed by atoms with Crippen LogP contribution in [0.2, 0.25) is 0 Å². The van der Waals surface area contributed by atoms with Crippen molar-refractivity contribution < 1.29 is 37.0 Å². The van der Waals surface area contributed by atoms with Crippen LogP contribution in [0, 0.1) is 10.1 Å². The number of halogens is 3. The van der Waals surface area contributed by atoms with Gasteiger partial charge in [0, 0.05) is 28.9 Å². The average molecular weight is 548 g/mol. The minimum absolute atomic E-state index is 0.161. The molecule has 1 aliphatic heterocycles. The van der Waals surface area contributed by atoms with E-state index in [0.29, 0.717) is 29.5 Å². The number of nitrogens with zero attached hydrogens (tertiary/aromatic N) is 4. The maximum absolute atomic E-state index is 12.3. The summed E-state index contributed by atoms with van der Waals surface area (Å²) in [5.41, 5.74) is 1.62. The van der Waals surface area contributed by atoms with Gasteiger partial charge in [0.1, 0.15) is 47.8 Å². The molecule has 1 aliphatic rings. The first kappa shape index (κ1) is 25.3. The Labute approximate surface area is 217 Å². The van der Waals surface area contributed by atoms with E-state index >= 15 is 0 Å². The highest BCUT2D eigenvalue weighted by Crippen LogP contribution is 2.28. The van der Waals surface area contributed by atoms with Crippen LogP contribution in [-0.2, 0) is 13.2 Å². The van der Waals surface area contributed by atoms with Gasteiger partial charge in [0.05, 0.1) is 5.69 Å². The SMILES string of the molecule is O=[N+]([O-])c1cn2c(n1)OC(COc1ccc(-c3csc(COc4ccc(OC(F)(F)F)cc4)n3)cc1)CC2. The summed E-state index contributed by atoms with van der Waals surface area (Å²) in [4.78, 5) is 18.8. The summed E-state index contributed by atoms with van der Waals surface area (Å²) in [6.07, 6.45) is -3.03. The van der Waals surface area contributed by atoms with Crippen LogP contribution in [0.3, 0.4) is 0 Å². The zero-order valence-electron chi connectivity index (χ0n) is 19.5. The quantitative estimate of drug-likeness (QED) is 0.196. The molecule has 0 bridgehead atoms. The molecule has 14 heteroatoms. The number of ether oxygens (including phenoxy) is 4. The molecular weight excluding hydrogens is 529 g/mol. The molecule has 3 heterocycles. The standard InChI is InChI=1S/C24H19F3N4O6S/c25-24(26,27)37-18-7-5-17(6-8-18)35-13-22-28-20(14-38-22)15-1-3-16(4-2-15)34-12-19-9-10-30-11-21(31(32)33)29-23(30)36-19/h1-8,11,14,19H,9-10,12-13H2. The molecule has 0 radical (unpaired) electrons. The van der Waals surface area contributed by atoms with E-state index in [9.17, 15) is 23.3 Å². The molecule has 5 rings (SSSR count). The van der Waals surface area contributed by atoms with E-state index in [1.165, 1.54) is 41.8 Å². The first-order valence-corrected chi connectivity index (χ1v) is 12.1. The normalized spacial score (nSPS) is 14.9. The third-order valence-electron chi connectivity index (χ3n) is 5.44. The highest BCUT2D eigenvalue weighted by atomic mass is 32.1. The van der Waals surface area contributed by atoms with Gasteiger partial charge in [-0.1, -0.05) is 0 Å². The fourth-order valence-corrected chi connectivity index (χ4v) is 4.35. The Kier molecular flexibility index (Phi) is 7.05. The van der Waals surface area contributed by atoms with Crippen LogP contribution in [0.25, 0.3) is 11.3 Å². The first-order valence-electron chi connectivity index (χ1n) is 11.3. The van der Waals surface area contributed by atoms with E-state index in [1.54, 1.807) is 4.57 Å². The van der Waals surface area contributed by atoms with Crippen molar-refractivity contribution in [1.29, 1.82) is 0 Å². The highest BCUT2D eigenvalue weighted by molar-refractivity contribution is 7.09. The Morgan fingerprint density at radius 1 is 1.05 bits per heavy atom. The van der Waals surface area contributed by atoms with Gasteiger partial charge in [-0.3, -0.25) is 4.57 Å². The number of hydrogen-bond donors (Lipinski definition) is 0. The lowest BCUT2D eigenvalue weighted by molar-refractivity contribution is -0.389. The van der Waals surface area contributed by atoms with E-state index in [1.807, 2.05) is 29.6 Å². The van der Waals surface area contributed by atoms with Gasteiger partial charge in [0.15, 0.2) is 0 Å². The molecule has 2 aromatic carbocycles. The molecule has 1 atom stereocenters. The number of aromatic nitrogens is 3. The molecule has 0 fully saturated rings. The molecule has 0 aliphatic carbocycles. The summed E-state index contributed by atoms with van der Waals surface area (Å²) in [6.45, 7) is 0.979. The Balaban J connectivity index is 1.11. The molecule has 38 heavy (non-hydrogen) atoms. The van der Waals surface area contributed by atoms with Crippen molar-refractivity contribution in [2.75, 3.05) is 6.61 Å². The van der Waals surface area contributed by atoms with Gasteiger partial charge in [-0.25, -0.2) is 4.98 Å². The van der Waals surface area contributed by atoms with E-state index in [0.717, 1.165) is 11.3 Å². The number of nitro groups is 1. The number of fused-ring (bicyclic) bond motifs is 1. The van der Waals surface area contributed by atoms with Gasteiger partial charge in [-0.2, -0.15) is 0 Å². The number of thiazole rings is 1. The van der Waals surface area contributed by atoms with Crippen molar-refractivity contribution >= 4 is 17.2 Å². The number of rotatable bonds is 9. The molecule has 0 N–H and O–H groups in total. The molecule has 0 saturated carbocycles. The van der Waals surface area contributed by atoms with E-state index in [2.05, 4.69) is 14.7 Å². The van der Waals surface area contributed by atoms with Crippen LogP contribution in [-0.4, -0.2) is 38.5 Å². The zero-order chi connectivity index (χ0) is 26.7. The van der Waals surface area contributed by atoms with Gasteiger partial charge in [0.2, 0.25) is 0 Å². The van der Waals surface area contributed by atoms with Crippen LogP contribution in [0.5, 0.6) is 23.3 Å². The summed E-state index contributed by atoms with van der Waals surface area (Å²) >= 11 is 1.40. The second-order valence-corrected chi connectivity index (χ2v) is 9.07. The van der Waals surface area contributed by atoms with Gasteiger partial charge in [-0.05, 0) is 53.5 Å². The van der Waals surface area contributed by atoms with Crippen molar-refractivity contribution in [1.82, 2.24) is 14.5 Å². The molecular formula is C24H19F3N4O6S. The lowest BCUT2D eigenvalue weighted by Gasteiger charge is -2.22. The van der Waals surface area contributed by atoms with E-state index in [-0.39, 0.29) is 36.9 Å². The molecule has 1 unspecified atom stereocenters. The molecule has 2 aromatic heterocycles. The predicted octanol–water partition coefficient (Wildman–Crippen LogP) is 5.62. The summed E-state index contributed by atoms with van der Waals surface area (Å²) in [6, 6.07) is 12.7. The highest BCUT2D eigenvalue weighted by Gasteiger charge is 2.31. The van der Waals surface area contributed by atoms with Crippen molar-refractivity contribution in [2.45, 2.75) is 32.0 Å². The summed E-state index contributed by atoms with van der Waals surface area (Å²) < 4.78 is 59.4. The number of hydrogen-bond acceptors (Lipinski definition) is 9. The van der Waals surface area contributed by atoms with Gasteiger partial charge in [-0.15, -0.1) is 24.5 Å². The van der Waals surface area contributed by atoms with Gasteiger partial charge < -0.3 is 29.1 Å². The molecule has 4 aromatic rings. The summed E-state index contributed by atoms with van der Waals surface area (Å²) in [5.74, 6) is 0.456. The van der Waals surface area contributed by atoms with Gasteiger partial charge in [0.25, 0.3) is 0 Å². The lowest BCUT2D eigenvalue weighted by atomic mass is 10.2. The number of aryl methyl sites for hydroxylation is 1. The Morgan fingerprint density at radius 3 is 2.45 bits per heavy atom.